The SMILES string of the molecule is C=C(C)C(=O)OC.C=C(C)C(=O)OCCCO.C=C(C)C(=O)OCCNC(C)(C)C.C=CC(=O)O.C=CN1CCCC1=O.CCCCCCCCOC(=O)/C=C\C(C)=O.CCCCCCCCOC(=O)C(C)C(CC(C)(CC(CC(CC(C)(CC(C)(C)C(=O)OCCNC(C)(C)C)C(=O)OC)C(=O)O)N1CCCC1=O)C(=O)OCCCO)C(C)=O. The fourth-order valence-electron chi connectivity index (χ4n) is 11.9. The van der Waals surface area contributed by atoms with E-state index in [4.69, 9.17) is 38.6 Å². The second-order valence-electron chi connectivity index (χ2n) is 33.0. The minimum Gasteiger partial charge on any atom is -0.481 e. The van der Waals surface area contributed by atoms with Crippen LogP contribution >= 0.6 is 0 Å². The zero-order valence-corrected chi connectivity index (χ0v) is 76.6. The number of aliphatic hydroxyl groups excluding tert-OH is 2. The fraction of sp³-hybridized carbons (Fsp3) is 0.711. The molecule has 0 spiro atoms. The van der Waals surface area contributed by atoms with E-state index in [1.54, 1.807) is 71.4 Å². The second kappa shape index (κ2) is 67.9. The Morgan fingerprint density at radius 2 is 0.942 bits per heavy atom. The van der Waals surface area contributed by atoms with Crippen LogP contribution in [0.5, 0.6) is 0 Å². The maximum absolute atomic E-state index is 14.1. The molecule has 120 heavy (non-hydrogen) atoms. The van der Waals surface area contributed by atoms with Gasteiger partial charge in [-0.05, 0) is 174 Å². The topological polar surface area (TPSA) is 424 Å². The van der Waals surface area contributed by atoms with E-state index >= 15 is 0 Å². The van der Waals surface area contributed by atoms with Crippen molar-refractivity contribution in [2.45, 2.75) is 289 Å². The van der Waals surface area contributed by atoms with E-state index in [9.17, 15) is 77.3 Å². The molecule has 6 unspecified atom stereocenters. The van der Waals surface area contributed by atoms with Crippen LogP contribution in [0, 0.1) is 34.0 Å². The molecule has 0 aliphatic carbocycles. The molecule has 2 rings (SSSR count). The Labute approximate surface area is 716 Å². The number of amides is 2. The molecule has 2 fully saturated rings. The molecule has 0 aromatic rings. The van der Waals surface area contributed by atoms with Gasteiger partial charge in [0, 0.05) is 117 Å². The number of methoxy groups -OCH3 is 2. The number of likely N-dealkylation sites (tertiary alicyclic amines) is 2. The van der Waals surface area contributed by atoms with E-state index in [2.05, 4.69) is 87.6 Å². The van der Waals surface area contributed by atoms with E-state index in [-0.39, 0.29) is 131 Å². The predicted octanol–water partition coefficient (Wildman–Crippen LogP) is 13.2. The van der Waals surface area contributed by atoms with E-state index in [1.165, 1.54) is 65.9 Å². The number of carboxylic acids is 2. The van der Waals surface area contributed by atoms with Crippen molar-refractivity contribution in [3.8, 4) is 0 Å². The van der Waals surface area contributed by atoms with Gasteiger partial charge in [0.15, 0.2) is 5.78 Å². The number of nitrogens with one attached hydrogen (secondary N) is 2. The van der Waals surface area contributed by atoms with E-state index in [1.807, 2.05) is 20.8 Å². The molecule has 0 bridgehead atoms. The van der Waals surface area contributed by atoms with Crippen molar-refractivity contribution >= 4 is 83.1 Å². The van der Waals surface area contributed by atoms with Gasteiger partial charge in [0.25, 0.3) is 0 Å². The van der Waals surface area contributed by atoms with Crippen molar-refractivity contribution in [3.63, 3.8) is 0 Å². The van der Waals surface area contributed by atoms with E-state index in [0.717, 1.165) is 64.0 Å². The van der Waals surface area contributed by atoms with Gasteiger partial charge >= 0.3 is 59.7 Å². The van der Waals surface area contributed by atoms with Crippen LogP contribution in [0.2, 0.25) is 0 Å². The van der Waals surface area contributed by atoms with Crippen molar-refractivity contribution in [2.75, 3.05) is 93.3 Å². The molecule has 30 heteroatoms. The van der Waals surface area contributed by atoms with Gasteiger partial charge in [0.05, 0.1) is 68.7 Å². The number of esters is 8. The number of aliphatic carboxylic acids is 2. The second-order valence-corrected chi connectivity index (χ2v) is 33.0. The third kappa shape index (κ3) is 62.4. The number of ketones is 2. The lowest BCUT2D eigenvalue weighted by Gasteiger charge is -2.40. The average Bonchev–Trinajstić information content (AvgIpc) is 1.24. The van der Waals surface area contributed by atoms with Crippen LogP contribution in [-0.2, 0) is 105 Å². The Morgan fingerprint density at radius 1 is 0.508 bits per heavy atom. The summed E-state index contributed by atoms with van der Waals surface area (Å²) in [6, 6.07) is -0.871. The number of allylic oxidation sites excluding steroid dienone is 1. The summed E-state index contributed by atoms with van der Waals surface area (Å²) < 4.78 is 40.7. The summed E-state index contributed by atoms with van der Waals surface area (Å²) in [6.07, 6.45) is 20.0. The number of nitrogens with zero attached hydrogens (tertiary/aromatic N) is 2. The summed E-state index contributed by atoms with van der Waals surface area (Å²) in [7, 11) is 2.52. The third-order valence-electron chi connectivity index (χ3n) is 18.3. The first kappa shape index (κ1) is 120. The number of carbonyl (C=O) groups excluding carboxylic acids is 12. The number of unbranched alkanes of at least 4 members (excludes halogenated alkanes) is 10. The first-order valence-corrected chi connectivity index (χ1v) is 41.7. The zero-order chi connectivity index (χ0) is 93.4. The molecule has 2 saturated heterocycles. The van der Waals surface area contributed by atoms with Gasteiger partial charge in [-0.15, -0.1) is 0 Å². The largest absolute Gasteiger partial charge is 0.481 e. The number of carboxylic acid groups (broad SMARTS) is 2. The summed E-state index contributed by atoms with van der Waals surface area (Å²) in [4.78, 5) is 171. The highest BCUT2D eigenvalue weighted by Gasteiger charge is 2.50. The van der Waals surface area contributed by atoms with Gasteiger partial charge in [0.1, 0.15) is 19.0 Å². The molecule has 6 atom stereocenters. The number of hydrogen-bond donors (Lipinski definition) is 6. The molecule has 6 N–H and O–H groups in total. The quantitative estimate of drug-likeness (QED) is 0.0143. The molecule has 0 aromatic heterocycles. The molecule has 0 aromatic carbocycles. The lowest BCUT2D eigenvalue weighted by molar-refractivity contribution is -0.164. The summed E-state index contributed by atoms with van der Waals surface area (Å²) in [5, 5.41) is 42.5. The molecule has 0 saturated carbocycles. The highest BCUT2D eigenvalue weighted by atomic mass is 16.6. The van der Waals surface area contributed by atoms with Gasteiger partial charge in [-0.3, -0.25) is 43.2 Å². The Bertz CT molecular complexity index is 3180. The van der Waals surface area contributed by atoms with Crippen LogP contribution in [0.25, 0.3) is 0 Å². The number of ether oxygens (including phenoxy) is 8. The van der Waals surface area contributed by atoms with Crippen LogP contribution in [0.15, 0.2) is 74.0 Å². The summed E-state index contributed by atoms with van der Waals surface area (Å²) in [5.41, 5.74) is -3.12. The molecule has 2 heterocycles. The molecule has 2 aliphatic heterocycles. The number of aliphatic hydroxyl groups is 2. The lowest BCUT2D eigenvalue weighted by Crippen LogP contribution is -2.47. The van der Waals surface area contributed by atoms with Gasteiger partial charge in [-0.25, -0.2) is 24.0 Å². The highest BCUT2D eigenvalue weighted by Crippen LogP contribution is 2.44. The van der Waals surface area contributed by atoms with Crippen LogP contribution < -0.4 is 10.6 Å². The molecule has 2 amide bonds. The average molecular weight is 1710 g/mol. The minimum atomic E-state index is -1.52. The lowest BCUT2D eigenvalue weighted by atomic mass is 9.67. The summed E-state index contributed by atoms with van der Waals surface area (Å²) in [6.45, 7) is 52.0. The molecular weight excluding hydrogens is 1550 g/mol. The minimum absolute atomic E-state index is 0.0451. The van der Waals surface area contributed by atoms with Crippen molar-refractivity contribution in [1.29, 1.82) is 0 Å². The Morgan fingerprint density at radius 3 is 1.32 bits per heavy atom. The smallest absolute Gasteiger partial charge is 0.333 e. The Kier molecular flexibility index (Phi) is 67.8. The zero-order valence-electron chi connectivity index (χ0n) is 76.6. The molecular formula is C90H154N4O26. The monoisotopic (exact) mass is 1710 g/mol. The Hall–Kier alpha value is -8.74. The molecule has 690 valence electrons. The molecule has 30 nitrogen and oxygen atoms in total. The molecule has 0 radical (unpaired) electrons. The fourth-order valence-corrected chi connectivity index (χ4v) is 11.9. The van der Waals surface area contributed by atoms with E-state index < -0.39 is 87.8 Å². The Balaban J connectivity index is -0.000000587. The normalized spacial score (nSPS) is 14.2. The highest BCUT2D eigenvalue weighted by molar-refractivity contribution is 5.94. The predicted molar refractivity (Wildman–Crippen MR) is 461 cm³/mol. The number of carbonyl (C=O) groups is 14. The van der Waals surface area contributed by atoms with Gasteiger partial charge in [-0.2, -0.15) is 0 Å². The maximum atomic E-state index is 14.1. The first-order valence-electron chi connectivity index (χ1n) is 41.7. The standard InChI is InChI=1S/C46H80N2O13.C13H22O3.C10H19NO2.C7H12O3.C6H9NO.C5H8O2.C3H4O2/c1-12-13-14-15-16-17-24-59-39(54)32(2)36(33(3)50)30-45(9,42(57)60-25-19-23-49)29-35(48-22-18-20-37(48)51)27-34(38(52)53)28-46(10,41(56)58-11)31-44(7,8)40(55)61-26-21-47-43(4,5)6;1-3-4-5-6-7-8-11-16-13(15)10-9-12(2)14;1-8(2)9(12)13-7-6-11-10(3,4)5;1-6(2)7(9)10-5-3-4-8;1-2-7-5-3-4-6(7)8;1-4(2)5(6)7-3;1-2-3(4)5/h32,34-36,47,49H,12-31H2,1-11H3,(H,52,53);9-10H,3-8,11H2,1-2H3;11H,1,6-7H2,2-5H3;8H,1,3-5H2,2H3;2H,1,3-5H2;1H2,2-3H3;2H,1H2,(H,4,5)/b;10-9-;;;;;. The summed E-state index contributed by atoms with van der Waals surface area (Å²) in [5.74, 6) is -10.00. The van der Waals surface area contributed by atoms with Crippen molar-refractivity contribution in [1.82, 2.24) is 20.4 Å². The number of hydrogen-bond acceptors (Lipinski definition) is 26. The van der Waals surface area contributed by atoms with Gasteiger partial charge in [-0.1, -0.05) is 118 Å². The third-order valence-corrected chi connectivity index (χ3v) is 18.3. The molecule has 2 aliphatic rings. The van der Waals surface area contributed by atoms with E-state index in [0.29, 0.717) is 75.3 Å². The maximum Gasteiger partial charge on any atom is 0.333 e. The van der Waals surface area contributed by atoms with Crippen LogP contribution in [0.3, 0.4) is 0 Å². The van der Waals surface area contributed by atoms with Crippen LogP contribution in [-0.4, -0.2) is 224 Å². The van der Waals surface area contributed by atoms with Crippen molar-refractivity contribution in [2.24, 2.45) is 34.0 Å². The van der Waals surface area contributed by atoms with Gasteiger partial charge < -0.3 is 78.8 Å². The van der Waals surface area contributed by atoms with Crippen LogP contribution in [0.4, 0.5) is 0 Å². The summed E-state index contributed by atoms with van der Waals surface area (Å²) >= 11 is 0. The number of rotatable bonds is 51. The number of Topliss-reactive ketones (excluding diaryl/α,β-unsaturated/α-hetero) is 1. The van der Waals surface area contributed by atoms with Gasteiger partial charge in [0.2, 0.25) is 11.8 Å². The van der Waals surface area contributed by atoms with Crippen molar-refractivity contribution in [3.05, 3.63) is 74.0 Å². The first-order chi connectivity index (χ1) is 55.8. The van der Waals surface area contributed by atoms with Crippen molar-refractivity contribution < 1.29 is 125 Å². The van der Waals surface area contributed by atoms with Crippen LogP contribution in [0.1, 0.15) is 272 Å².